The van der Waals surface area contributed by atoms with E-state index in [-0.39, 0.29) is 29.4 Å². The van der Waals surface area contributed by atoms with Gasteiger partial charge in [-0.3, -0.25) is 14.5 Å². The fourth-order valence-electron chi connectivity index (χ4n) is 4.88. The van der Waals surface area contributed by atoms with Crippen LogP contribution < -0.4 is 5.32 Å². The number of nitrogens with zero attached hydrogens (tertiary/aromatic N) is 4. The molecule has 9 nitrogen and oxygen atoms in total. The van der Waals surface area contributed by atoms with Crippen LogP contribution in [0.2, 0.25) is 5.02 Å². The highest BCUT2D eigenvalue weighted by Gasteiger charge is 2.38. The number of benzene rings is 1. The van der Waals surface area contributed by atoms with Gasteiger partial charge in [0.1, 0.15) is 6.04 Å². The standard InChI is InChI=1S/C26H24ClF2N5O4S/c1-37-18(35)7-9-34-12-14-11-13(3-6-17(14)33-34)22-19(26(36)38-2)23(15-4-5-16(28)21(29)20(15)27)32-24(31-22)25-30-8-10-39-25/h4-5,8,10,12-13,23H,3,6-7,9,11H2,1-2H3,(H,31,32). The van der Waals surface area contributed by atoms with Gasteiger partial charge in [-0.1, -0.05) is 17.7 Å². The van der Waals surface area contributed by atoms with Crippen LogP contribution in [0.15, 0.2) is 46.2 Å². The summed E-state index contributed by atoms with van der Waals surface area (Å²) in [4.78, 5) is 33.8. The first-order valence-corrected chi connectivity index (χ1v) is 13.4. The van der Waals surface area contributed by atoms with E-state index in [0.29, 0.717) is 42.3 Å². The molecule has 0 radical (unpaired) electrons. The van der Waals surface area contributed by atoms with Gasteiger partial charge in [0, 0.05) is 35.0 Å². The van der Waals surface area contributed by atoms with Gasteiger partial charge in [0.05, 0.1) is 43.5 Å². The van der Waals surface area contributed by atoms with Gasteiger partial charge in [0.15, 0.2) is 22.5 Å². The summed E-state index contributed by atoms with van der Waals surface area (Å²) < 4.78 is 40.0. The largest absolute Gasteiger partial charge is 0.469 e. The lowest BCUT2D eigenvalue weighted by atomic mass is 9.81. The molecule has 1 N–H and O–H groups in total. The first kappa shape index (κ1) is 26.9. The molecule has 2 aliphatic rings. The third kappa shape index (κ3) is 5.30. The fraction of sp³-hybridized carbons (Fsp3) is 0.346. The monoisotopic (exact) mass is 575 g/mol. The molecule has 1 aliphatic carbocycles. The summed E-state index contributed by atoms with van der Waals surface area (Å²) in [7, 11) is 2.59. The second kappa shape index (κ2) is 11.2. The molecule has 0 fully saturated rings. The van der Waals surface area contributed by atoms with Crippen molar-refractivity contribution in [3.05, 3.63) is 79.7 Å². The van der Waals surface area contributed by atoms with Gasteiger partial charge in [-0.2, -0.15) is 5.10 Å². The number of hydrogen-bond donors (Lipinski definition) is 1. The van der Waals surface area contributed by atoms with Gasteiger partial charge >= 0.3 is 11.9 Å². The molecule has 0 saturated heterocycles. The quantitative estimate of drug-likeness (QED) is 0.333. The van der Waals surface area contributed by atoms with E-state index in [1.165, 1.54) is 31.6 Å². The number of thiazole rings is 1. The number of rotatable bonds is 7. The Balaban J connectivity index is 1.56. The fourth-order valence-corrected chi connectivity index (χ4v) is 5.72. The van der Waals surface area contributed by atoms with E-state index in [2.05, 4.69) is 20.4 Å². The Hall–Kier alpha value is -3.64. The number of fused-ring (bicyclic) bond motifs is 1. The molecular formula is C26H24ClF2N5O4S. The Labute approximate surface area is 231 Å². The zero-order valence-corrected chi connectivity index (χ0v) is 22.6. The molecule has 0 amide bonds. The number of esters is 2. The Morgan fingerprint density at radius 1 is 1.26 bits per heavy atom. The minimum absolute atomic E-state index is 0.135. The number of aromatic nitrogens is 3. The van der Waals surface area contributed by atoms with Crippen molar-refractivity contribution in [2.45, 2.75) is 38.3 Å². The average Bonchev–Trinajstić information content (AvgIpc) is 3.63. The molecule has 0 spiro atoms. The summed E-state index contributed by atoms with van der Waals surface area (Å²) in [5, 5.41) is 9.80. The zero-order chi connectivity index (χ0) is 27.7. The number of hydrogen-bond acceptors (Lipinski definition) is 9. The highest BCUT2D eigenvalue weighted by Crippen LogP contribution is 2.41. The van der Waals surface area contributed by atoms with Crippen molar-refractivity contribution in [1.29, 1.82) is 0 Å². The molecule has 3 aromatic rings. The van der Waals surface area contributed by atoms with Crippen LogP contribution >= 0.6 is 22.9 Å². The molecule has 3 heterocycles. The van der Waals surface area contributed by atoms with Crippen molar-refractivity contribution < 1.29 is 27.8 Å². The van der Waals surface area contributed by atoms with E-state index in [9.17, 15) is 18.4 Å². The smallest absolute Gasteiger partial charge is 0.338 e. The van der Waals surface area contributed by atoms with Crippen molar-refractivity contribution >= 4 is 40.7 Å². The molecule has 2 aromatic heterocycles. The molecule has 0 saturated carbocycles. The van der Waals surface area contributed by atoms with Crippen LogP contribution in [-0.2, 0) is 38.4 Å². The molecule has 1 aromatic carbocycles. The van der Waals surface area contributed by atoms with Crippen LogP contribution in [-0.4, -0.2) is 46.8 Å². The van der Waals surface area contributed by atoms with Gasteiger partial charge in [0.2, 0.25) is 0 Å². The summed E-state index contributed by atoms with van der Waals surface area (Å²) in [6.07, 6.45) is 5.53. The van der Waals surface area contributed by atoms with Crippen molar-refractivity contribution in [3.8, 4) is 0 Å². The molecule has 13 heteroatoms. The van der Waals surface area contributed by atoms with Crippen LogP contribution in [0.1, 0.15) is 40.7 Å². The Morgan fingerprint density at radius 2 is 2.08 bits per heavy atom. The number of halogens is 3. The van der Waals surface area contributed by atoms with Gasteiger partial charge in [-0.25, -0.2) is 18.6 Å². The predicted molar refractivity (Wildman–Crippen MR) is 139 cm³/mol. The number of carbonyl (C=O) groups excluding carboxylic acids is 2. The van der Waals surface area contributed by atoms with E-state index >= 15 is 0 Å². The van der Waals surface area contributed by atoms with Crippen LogP contribution in [0.5, 0.6) is 0 Å². The van der Waals surface area contributed by atoms with Gasteiger partial charge in [-0.15, -0.1) is 11.3 Å². The van der Waals surface area contributed by atoms with Gasteiger partial charge in [-0.05, 0) is 30.9 Å². The van der Waals surface area contributed by atoms with E-state index < -0.39 is 28.7 Å². The van der Waals surface area contributed by atoms with Crippen molar-refractivity contribution in [2.75, 3.05) is 14.2 Å². The summed E-state index contributed by atoms with van der Waals surface area (Å²) in [5.41, 5.74) is 2.76. The van der Waals surface area contributed by atoms with Crippen LogP contribution in [0, 0.1) is 17.6 Å². The number of nitrogens with one attached hydrogen (secondary N) is 1. The Bertz CT molecular complexity index is 1490. The zero-order valence-electron chi connectivity index (χ0n) is 21.0. The van der Waals surface area contributed by atoms with Crippen molar-refractivity contribution in [1.82, 2.24) is 20.1 Å². The number of ether oxygens (including phenoxy) is 2. The predicted octanol–water partition coefficient (Wildman–Crippen LogP) is 4.16. The number of aliphatic imine (C=N–C) groups is 1. The highest BCUT2D eigenvalue weighted by atomic mass is 35.5. The number of amidine groups is 1. The lowest BCUT2D eigenvalue weighted by Crippen LogP contribution is -2.38. The number of allylic oxidation sites excluding steroid dienone is 1. The van der Waals surface area contributed by atoms with E-state index in [1.807, 2.05) is 6.20 Å². The summed E-state index contributed by atoms with van der Waals surface area (Å²) in [5.74, 6) is -3.10. The van der Waals surface area contributed by atoms with Gasteiger partial charge in [0.25, 0.3) is 0 Å². The van der Waals surface area contributed by atoms with E-state index in [4.69, 9.17) is 21.1 Å². The van der Waals surface area contributed by atoms with Crippen LogP contribution in [0.3, 0.4) is 0 Å². The van der Waals surface area contributed by atoms with Crippen LogP contribution in [0.4, 0.5) is 8.78 Å². The van der Waals surface area contributed by atoms with E-state index in [0.717, 1.165) is 17.3 Å². The third-order valence-electron chi connectivity index (χ3n) is 6.78. The summed E-state index contributed by atoms with van der Waals surface area (Å²) >= 11 is 7.59. The molecule has 5 rings (SSSR count). The Kier molecular flexibility index (Phi) is 7.76. The minimum Gasteiger partial charge on any atom is -0.469 e. The third-order valence-corrected chi connectivity index (χ3v) is 7.94. The lowest BCUT2D eigenvalue weighted by Gasteiger charge is -2.32. The average molecular weight is 576 g/mol. The highest BCUT2D eigenvalue weighted by molar-refractivity contribution is 7.11. The van der Waals surface area contributed by atoms with Crippen molar-refractivity contribution in [3.63, 3.8) is 0 Å². The summed E-state index contributed by atoms with van der Waals surface area (Å²) in [6.45, 7) is 0.385. The molecular weight excluding hydrogens is 552 g/mol. The SMILES string of the molecule is COC(=O)CCn1cc2c(n1)CCC(C1=C(C(=O)OC)C(c3ccc(F)c(F)c3Cl)N=C(c3nccs3)N1)C2. The number of aryl methyl sites for hydroxylation is 2. The van der Waals surface area contributed by atoms with Crippen molar-refractivity contribution in [2.24, 2.45) is 10.9 Å². The number of methoxy groups -OCH3 is 2. The van der Waals surface area contributed by atoms with Gasteiger partial charge < -0.3 is 14.8 Å². The normalized spacial score (nSPS) is 18.7. The van der Waals surface area contributed by atoms with Crippen LogP contribution in [0.25, 0.3) is 0 Å². The molecule has 2 unspecified atom stereocenters. The molecule has 204 valence electrons. The topological polar surface area (TPSA) is 108 Å². The maximum atomic E-state index is 14.5. The molecule has 2 atom stereocenters. The Morgan fingerprint density at radius 3 is 2.79 bits per heavy atom. The molecule has 1 aliphatic heterocycles. The maximum absolute atomic E-state index is 14.5. The lowest BCUT2D eigenvalue weighted by molar-refractivity contribution is -0.141. The van der Waals surface area contributed by atoms with E-state index in [1.54, 1.807) is 16.3 Å². The number of carbonyl (C=O) groups is 2. The second-order valence-electron chi connectivity index (χ2n) is 9.06. The summed E-state index contributed by atoms with van der Waals surface area (Å²) in [6, 6.07) is 1.23. The minimum atomic E-state index is -1.22. The molecule has 39 heavy (non-hydrogen) atoms. The first-order valence-electron chi connectivity index (χ1n) is 12.1. The first-order chi connectivity index (χ1) is 18.8. The molecule has 0 bridgehead atoms. The second-order valence-corrected chi connectivity index (χ2v) is 10.3. The maximum Gasteiger partial charge on any atom is 0.338 e.